The Labute approximate surface area is 160 Å². The summed E-state index contributed by atoms with van der Waals surface area (Å²) < 4.78 is 16.4. The van der Waals surface area contributed by atoms with Gasteiger partial charge in [0.25, 0.3) is 0 Å². The summed E-state index contributed by atoms with van der Waals surface area (Å²) in [4.78, 5) is 23.1. The molecule has 0 aliphatic rings. The lowest BCUT2D eigenvalue weighted by atomic mass is 9.83. The lowest BCUT2D eigenvalue weighted by molar-refractivity contribution is 0.146. The molecule has 0 heterocycles. The van der Waals surface area contributed by atoms with E-state index in [0.29, 0.717) is 17.1 Å². The van der Waals surface area contributed by atoms with Crippen LogP contribution in [0.2, 0.25) is 0 Å². The van der Waals surface area contributed by atoms with E-state index in [1.54, 1.807) is 42.5 Å². The van der Waals surface area contributed by atoms with Gasteiger partial charge < -0.3 is 19.9 Å². The summed E-state index contributed by atoms with van der Waals surface area (Å²) in [7, 11) is 0. The van der Waals surface area contributed by atoms with Crippen molar-refractivity contribution in [3.63, 3.8) is 0 Å². The third kappa shape index (κ3) is 5.49. The maximum absolute atomic E-state index is 12.2. The zero-order valence-corrected chi connectivity index (χ0v) is 16.3. The quantitative estimate of drug-likeness (QED) is 0.558. The third-order valence-electron chi connectivity index (χ3n) is 3.44. The molecule has 0 radical (unpaired) electrons. The molecular formula is C19H20BrNO5. The van der Waals surface area contributed by atoms with Gasteiger partial charge in [0.15, 0.2) is 0 Å². The highest BCUT2D eigenvalue weighted by atomic mass is 79.9. The molecule has 6 nitrogen and oxygen atoms in total. The second-order valence-corrected chi connectivity index (χ2v) is 7.47. The number of hydrogen-bond acceptors (Lipinski definition) is 5. The van der Waals surface area contributed by atoms with Crippen LogP contribution in [0.25, 0.3) is 0 Å². The summed E-state index contributed by atoms with van der Waals surface area (Å²) in [6.45, 7) is 5.87. The Balaban J connectivity index is 2.24. The fourth-order valence-electron chi connectivity index (χ4n) is 2.49. The number of ether oxygens (including phenoxy) is 3. The van der Waals surface area contributed by atoms with Gasteiger partial charge in [-0.2, -0.15) is 0 Å². The van der Waals surface area contributed by atoms with Crippen LogP contribution in [-0.4, -0.2) is 12.2 Å². The number of amides is 1. The number of rotatable bonds is 4. The Hall–Kier alpha value is -2.54. The number of hydrogen-bond donors (Lipinski definition) is 1. The lowest BCUT2D eigenvalue weighted by Crippen LogP contribution is -2.21. The summed E-state index contributed by atoms with van der Waals surface area (Å²) in [5.41, 5.74) is 6.10. The minimum Gasteiger partial charge on any atom is -0.445 e. The van der Waals surface area contributed by atoms with Gasteiger partial charge in [0.2, 0.25) is 0 Å². The first-order chi connectivity index (χ1) is 12.2. The Morgan fingerprint density at radius 1 is 1.04 bits per heavy atom. The van der Waals surface area contributed by atoms with Crippen LogP contribution in [-0.2, 0) is 16.8 Å². The molecule has 138 valence electrons. The SMILES string of the molecule is CC(C)(C)c1c(COC(N)=O)cccc1OC(=O)Oc1ccc(Br)cc1. The van der Waals surface area contributed by atoms with E-state index >= 15 is 0 Å². The highest BCUT2D eigenvalue weighted by molar-refractivity contribution is 9.10. The molecule has 0 atom stereocenters. The zero-order chi connectivity index (χ0) is 19.3. The van der Waals surface area contributed by atoms with Crippen LogP contribution >= 0.6 is 15.9 Å². The van der Waals surface area contributed by atoms with Crippen molar-refractivity contribution in [2.45, 2.75) is 32.8 Å². The van der Waals surface area contributed by atoms with E-state index in [0.717, 1.165) is 10.0 Å². The molecule has 0 saturated heterocycles. The summed E-state index contributed by atoms with van der Waals surface area (Å²) in [5.74, 6) is 0.703. The Morgan fingerprint density at radius 3 is 2.27 bits per heavy atom. The molecule has 0 bridgehead atoms. The number of primary amides is 1. The van der Waals surface area contributed by atoms with Gasteiger partial charge in [-0.25, -0.2) is 9.59 Å². The van der Waals surface area contributed by atoms with Crippen LogP contribution in [0.15, 0.2) is 46.9 Å². The topological polar surface area (TPSA) is 87.9 Å². The van der Waals surface area contributed by atoms with Gasteiger partial charge >= 0.3 is 12.2 Å². The zero-order valence-electron chi connectivity index (χ0n) is 14.7. The largest absolute Gasteiger partial charge is 0.519 e. The van der Waals surface area contributed by atoms with Crippen molar-refractivity contribution < 1.29 is 23.8 Å². The molecule has 26 heavy (non-hydrogen) atoms. The van der Waals surface area contributed by atoms with Crippen molar-refractivity contribution in [2.75, 3.05) is 0 Å². The van der Waals surface area contributed by atoms with Gasteiger partial charge in [-0.3, -0.25) is 0 Å². The molecule has 2 aromatic carbocycles. The van der Waals surface area contributed by atoms with Crippen LogP contribution in [0.1, 0.15) is 31.9 Å². The Morgan fingerprint density at radius 2 is 1.69 bits per heavy atom. The van der Waals surface area contributed by atoms with Crippen molar-refractivity contribution in [1.82, 2.24) is 0 Å². The fourth-order valence-corrected chi connectivity index (χ4v) is 2.76. The summed E-state index contributed by atoms with van der Waals surface area (Å²) in [6, 6.07) is 12.0. The molecule has 0 aliphatic heterocycles. The summed E-state index contributed by atoms with van der Waals surface area (Å²) in [6.07, 6.45) is -1.73. The molecule has 0 unspecified atom stereocenters. The van der Waals surface area contributed by atoms with Gasteiger partial charge in [0.05, 0.1) is 0 Å². The second-order valence-electron chi connectivity index (χ2n) is 6.56. The minimum absolute atomic E-state index is 0.0130. The van der Waals surface area contributed by atoms with Crippen molar-refractivity contribution >= 4 is 28.2 Å². The molecule has 7 heteroatoms. The highest BCUT2D eigenvalue weighted by Gasteiger charge is 2.25. The van der Waals surface area contributed by atoms with Gasteiger partial charge in [0.1, 0.15) is 18.1 Å². The number of halogens is 1. The molecule has 0 fully saturated rings. The first-order valence-electron chi connectivity index (χ1n) is 7.86. The van der Waals surface area contributed by atoms with Crippen LogP contribution in [0.5, 0.6) is 11.5 Å². The monoisotopic (exact) mass is 421 g/mol. The maximum atomic E-state index is 12.2. The predicted octanol–water partition coefficient (Wildman–Crippen LogP) is 4.92. The Bertz CT molecular complexity index is 797. The van der Waals surface area contributed by atoms with E-state index in [4.69, 9.17) is 19.9 Å². The smallest absolute Gasteiger partial charge is 0.445 e. The van der Waals surface area contributed by atoms with Gasteiger partial charge in [-0.05, 0) is 41.3 Å². The Kier molecular flexibility index (Phi) is 6.26. The average Bonchev–Trinajstić information content (AvgIpc) is 2.54. The van der Waals surface area contributed by atoms with Crippen LogP contribution in [0.3, 0.4) is 0 Å². The van der Waals surface area contributed by atoms with Crippen molar-refractivity contribution in [2.24, 2.45) is 5.73 Å². The normalized spacial score (nSPS) is 10.9. The first kappa shape index (κ1) is 19.8. The highest BCUT2D eigenvalue weighted by Crippen LogP contribution is 2.35. The van der Waals surface area contributed by atoms with Crippen molar-refractivity contribution in [3.05, 3.63) is 58.1 Å². The van der Waals surface area contributed by atoms with Crippen LogP contribution in [0.4, 0.5) is 9.59 Å². The second kappa shape index (κ2) is 8.23. The molecule has 2 rings (SSSR count). The minimum atomic E-state index is -0.870. The van der Waals surface area contributed by atoms with Gasteiger partial charge in [-0.1, -0.05) is 48.8 Å². The average molecular weight is 422 g/mol. The molecule has 0 aromatic heterocycles. The molecule has 0 aliphatic carbocycles. The standard InChI is InChI=1S/C19H20BrNO5/c1-19(2,3)16-12(11-24-17(21)22)5-4-6-15(16)26-18(23)25-14-9-7-13(20)8-10-14/h4-10H,11H2,1-3H3,(H2,21,22). The molecule has 1 amide bonds. The number of nitrogens with two attached hydrogens (primary N) is 1. The van der Waals surface area contributed by atoms with Gasteiger partial charge in [0, 0.05) is 10.0 Å². The molecule has 0 saturated carbocycles. The van der Waals surface area contributed by atoms with Crippen molar-refractivity contribution in [3.8, 4) is 11.5 Å². The summed E-state index contributed by atoms with van der Waals surface area (Å²) in [5, 5.41) is 0. The van der Waals surface area contributed by atoms with E-state index in [1.165, 1.54) is 0 Å². The molecular weight excluding hydrogens is 402 g/mol. The predicted molar refractivity (Wildman–Crippen MR) is 100 cm³/mol. The van der Waals surface area contributed by atoms with Crippen molar-refractivity contribution in [1.29, 1.82) is 0 Å². The van der Waals surface area contributed by atoms with E-state index in [9.17, 15) is 9.59 Å². The third-order valence-corrected chi connectivity index (χ3v) is 3.97. The summed E-state index contributed by atoms with van der Waals surface area (Å²) >= 11 is 3.31. The van der Waals surface area contributed by atoms with E-state index < -0.39 is 12.2 Å². The molecule has 2 N–H and O–H groups in total. The number of benzene rings is 2. The molecule has 2 aromatic rings. The van der Waals surface area contributed by atoms with Gasteiger partial charge in [-0.15, -0.1) is 0 Å². The van der Waals surface area contributed by atoms with Crippen LogP contribution in [0, 0.1) is 0 Å². The number of carbonyl (C=O) groups excluding carboxylic acids is 2. The van der Waals surface area contributed by atoms with Crippen LogP contribution < -0.4 is 15.2 Å². The maximum Gasteiger partial charge on any atom is 0.519 e. The van der Waals surface area contributed by atoms with E-state index in [2.05, 4.69) is 15.9 Å². The molecule has 0 spiro atoms. The lowest BCUT2D eigenvalue weighted by Gasteiger charge is -2.25. The fraction of sp³-hybridized carbons (Fsp3) is 0.263. The van der Waals surface area contributed by atoms with E-state index in [-0.39, 0.29) is 12.0 Å². The van der Waals surface area contributed by atoms with E-state index in [1.807, 2.05) is 20.8 Å². The number of carbonyl (C=O) groups is 2. The first-order valence-corrected chi connectivity index (χ1v) is 8.66.